The number of aryl methyl sites for hydroxylation is 2. The Kier molecular flexibility index (Phi) is 6.29. The van der Waals surface area contributed by atoms with Crippen LogP contribution in [0, 0.1) is 25.7 Å². The highest BCUT2D eigenvalue weighted by Gasteiger charge is 2.26. The van der Waals surface area contributed by atoms with Crippen molar-refractivity contribution in [2.45, 2.75) is 71.8 Å². The lowest BCUT2D eigenvalue weighted by molar-refractivity contribution is 0.217. The van der Waals surface area contributed by atoms with E-state index >= 15 is 0 Å². The molecule has 1 aromatic rings. The zero-order valence-corrected chi connectivity index (χ0v) is 14.4. The van der Waals surface area contributed by atoms with Crippen molar-refractivity contribution in [2.24, 2.45) is 11.8 Å². The van der Waals surface area contributed by atoms with E-state index in [1.807, 2.05) is 0 Å². The summed E-state index contributed by atoms with van der Waals surface area (Å²) in [7, 11) is 2.15. The fourth-order valence-corrected chi connectivity index (χ4v) is 4.05. The summed E-state index contributed by atoms with van der Waals surface area (Å²) >= 11 is 0. The Morgan fingerprint density at radius 2 is 1.86 bits per heavy atom. The van der Waals surface area contributed by atoms with Gasteiger partial charge in [0, 0.05) is 6.04 Å². The number of nitrogens with one attached hydrogen (secondary N) is 1. The van der Waals surface area contributed by atoms with Crippen LogP contribution in [0.5, 0.6) is 0 Å². The summed E-state index contributed by atoms with van der Waals surface area (Å²) in [5, 5.41) is 3.61. The van der Waals surface area contributed by atoms with E-state index in [9.17, 15) is 0 Å². The van der Waals surface area contributed by atoms with Crippen molar-refractivity contribution in [3.05, 3.63) is 34.9 Å². The average molecular weight is 287 g/mol. The van der Waals surface area contributed by atoms with Gasteiger partial charge in [0.1, 0.15) is 0 Å². The summed E-state index contributed by atoms with van der Waals surface area (Å²) in [6.07, 6.45) is 9.71. The first-order valence-electron chi connectivity index (χ1n) is 8.87. The number of likely N-dealkylation sites (N-methyl/N-ethyl adjacent to an activating group) is 1. The summed E-state index contributed by atoms with van der Waals surface area (Å²) in [5.74, 6) is 1.87. The molecular weight excluding hydrogens is 254 g/mol. The molecular formula is C20H33N. The van der Waals surface area contributed by atoms with Gasteiger partial charge >= 0.3 is 0 Å². The monoisotopic (exact) mass is 287 g/mol. The quantitative estimate of drug-likeness (QED) is 0.773. The third kappa shape index (κ3) is 4.57. The summed E-state index contributed by atoms with van der Waals surface area (Å²) in [4.78, 5) is 0. The number of rotatable bonds is 6. The van der Waals surface area contributed by atoms with E-state index in [4.69, 9.17) is 0 Å². The molecule has 1 aliphatic rings. The summed E-state index contributed by atoms with van der Waals surface area (Å²) in [6.45, 7) is 6.77. The molecule has 0 heterocycles. The van der Waals surface area contributed by atoms with Crippen molar-refractivity contribution in [1.29, 1.82) is 0 Å². The molecule has 0 bridgehead atoms. The van der Waals surface area contributed by atoms with Crippen molar-refractivity contribution in [1.82, 2.24) is 5.32 Å². The number of benzene rings is 1. The maximum Gasteiger partial charge on any atom is 0.0133 e. The van der Waals surface area contributed by atoms with Gasteiger partial charge in [0.2, 0.25) is 0 Å². The predicted molar refractivity (Wildman–Crippen MR) is 92.8 cm³/mol. The highest BCUT2D eigenvalue weighted by atomic mass is 14.9. The van der Waals surface area contributed by atoms with E-state index in [0.29, 0.717) is 6.04 Å². The number of hydrogen-bond acceptors (Lipinski definition) is 1. The minimum absolute atomic E-state index is 0.646. The Labute approximate surface area is 131 Å². The molecule has 1 unspecified atom stereocenters. The van der Waals surface area contributed by atoms with Crippen molar-refractivity contribution in [3.8, 4) is 0 Å². The van der Waals surface area contributed by atoms with Crippen LogP contribution in [0.15, 0.2) is 18.2 Å². The van der Waals surface area contributed by atoms with Crippen molar-refractivity contribution < 1.29 is 0 Å². The van der Waals surface area contributed by atoms with Gasteiger partial charge in [0.15, 0.2) is 0 Å². The maximum atomic E-state index is 3.61. The molecule has 0 saturated heterocycles. The Morgan fingerprint density at radius 1 is 1.14 bits per heavy atom. The van der Waals surface area contributed by atoms with Crippen molar-refractivity contribution in [2.75, 3.05) is 7.05 Å². The molecule has 1 heteroatoms. The van der Waals surface area contributed by atoms with Gasteiger partial charge in [-0.25, -0.2) is 0 Å². The van der Waals surface area contributed by atoms with Gasteiger partial charge in [0.25, 0.3) is 0 Å². The minimum atomic E-state index is 0.646. The van der Waals surface area contributed by atoms with Gasteiger partial charge in [-0.2, -0.15) is 0 Å². The van der Waals surface area contributed by atoms with Crippen LogP contribution >= 0.6 is 0 Å². The van der Waals surface area contributed by atoms with E-state index < -0.39 is 0 Å². The van der Waals surface area contributed by atoms with Crippen LogP contribution in [0.25, 0.3) is 0 Å². The lowest BCUT2D eigenvalue weighted by atomic mass is 9.75. The maximum absolute atomic E-state index is 3.61. The van der Waals surface area contributed by atoms with Crippen LogP contribution in [0.2, 0.25) is 0 Å². The normalized spacial score (nSPS) is 24.0. The van der Waals surface area contributed by atoms with E-state index in [2.05, 4.69) is 51.3 Å². The van der Waals surface area contributed by atoms with Gasteiger partial charge in [-0.1, -0.05) is 56.4 Å². The molecule has 118 valence electrons. The van der Waals surface area contributed by atoms with E-state index in [1.54, 1.807) is 0 Å². The van der Waals surface area contributed by atoms with Crippen LogP contribution in [-0.2, 0) is 6.42 Å². The van der Waals surface area contributed by atoms with Gasteiger partial charge in [0.05, 0.1) is 0 Å². The van der Waals surface area contributed by atoms with Crippen molar-refractivity contribution >= 4 is 0 Å². The van der Waals surface area contributed by atoms with E-state index in [1.165, 1.54) is 61.6 Å². The molecule has 0 radical (unpaired) electrons. The largest absolute Gasteiger partial charge is 0.316 e. The fraction of sp³-hybridized carbons (Fsp3) is 0.700. The number of hydrogen-bond donors (Lipinski definition) is 1. The van der Waals surface area contributed by atoms with Crippen LogP contribution in [-0.4, -0.2) is 13.1 Å². The standard InChI is InChI=1S/C20H33N/c1-5-6-17-9-11-18(12-10-17)20(21-4)14-19-13-15(2)7-8-16(19)3/h7-8,13,17-18,20-21H,5-6,9-12,14H2,1-4H3. The Hall–Kier alpha value is -0.820. The highest BCUT2D eigenvalue weighted by Crippen LogP contribution is 2.34. The highest BCUT2D eigenvalue weighted by molar-refractivity contribution is 5.31. The SMILES string of the molecule is CCCC1CCC(C(Cc2cc(C)ccc2C)NC)CC1. The minimum Gasteiger partial charge on any atom is -0.316 e. The molecule has 0 aliphatic heterocycles. The molecule has 1 saturated carbocycles. The lowest BCUT2D eigenvalue weighted by Gasteiger charge is -2.34. The third-order valence-corrected chi connectivity index (χ3v) is 5.47. The molecule has 0 amide bonds. The molecule has 1 aliphatic carbocycles. The molecule has 1 N–H and O–H groups in total. The predicted octanol–water partition coefficient (Wildman–Crippen LogP) is 5.04. The topological polar surface area (TPSA) is 12.0 Å². The average Bonchev–Trinajstić information content (AvgIpc) is 2.49. The zero-order chi connectivity index (χ0) is 15.2. The molecule has 1 aromatic carbocycles. The summed E-state index contributed by atoms with van der Waals surface area (Å²) < 4.78 is 0. The first kappa shape index (κ1) is 16.5. The molecule has 1 fully saturated rings. The van der Waals surface area contributed by atoms with Crippen molar-refractivity contribution in [3.63, 3.8) is 0 Å². The molecule has 0 aromatic heterocycles. The second-order valence-electron chi connectivity index (χ2n) is 7.10. The Morgan fingerprint density at radius 3 is 2.48 bits per heavy atom. The second-order valence-corrected chi connectivity index (χ2v) is 7.10. The van der Waals surface area contributed by atoms with Gasteiger partial charge in [-0.15, -0.1) is 0 Å². The second kappa shape index (κ2) is 7.98. The van der Waals surface area contributed by atoms with Gasteiger partial charge in [-0.05, 0) is 63.1 Å². The smallest absolute Gasteiger partial charge is 0.0133 e. The zero-order valence-electron chi connectivity index (χ0n) is 14.4. The first-order chi connectivity index (χ1) is 10.1. The lowest BCUT2D eigenvalue weighted by Crippen LogP contribution is -2.37. The molecule has 0 spiro atoms. The van der Waals surface area contributed by atoms with Crippen LogP contribution in [0.3, 0.4) is 0 Å². The van der Waals surface area contributed by atoms with Crippen LogP contribution in [0.4, 0.5) is 0 Å². The first-order valence-corrected chi connectivity index (χ1v) is 8.87. The molecule has 2 rings (SSSR count). The van der Waals surface area contributed by atoms with Crippen LogP contribution in [0.1, 0.15) is 62.1 Å². The fourth-order valence-electron chi connectivity index (χ4n) is 4.05. The molecule has 21 heavy (non-hydrogen) atoms. The van der Waals surface area contributed by atoms with E-state index in [0.717, 1.165) is 11.8 Å². The van der Waals surface area contributed by atoms with Crippen LogP contribution < -0.4 is 5.32 Å². The Balaban J connectivity index is 1.96. The van der Waals surface area contributed by atoms with Gasteiger partial charge < -0.3 is 5.32 Å². The summed E-state index contributed by atoms with van der Waals surface area (Å²) in [6, 6.07) is 7.52. The van der Waals surface area contributed by atoms with E-state index in [-0.39, 0.29) is 0 Å². The molecule has 1 atom stereocenters. The molecule has 1 nitrogen and oxygen atoms in total. The van der Waals surface area contributed by atoms with Gasteiger partial charge in [-0.3, -0.25) is 0 Å². The third-order valence-electron chi connectivity index (χ3n) is 5.47. The Bertz CT molecular complexity index is 429. The summed E-state index contributed by atoms with van der Waals surface area (Å²) in [5.41, 5.74) is 4.36.